The minimum Gasteiger partial charge on any atom is -0.508 e. The van der Waals surface area contributed by atoms with Crippen LogP contribution in [0.4, 0.5) is 5.69 Å². The summed E-state index contributed by atoms with van der Waals surface area (Å²) in [7, 11) is 0. The number of anilines is 1. The lowest BCUT2D eigenvalue weighted by Crippen LogP contribution is -2.29. The van der Waals surface area contributed by atoms with Crippen molar-refractivity contribution in [2.45, 2.75) is 33.2 Å². The van der Waals surface area contributed by atoms with Crippen LogP contribution >= 0.6 is 0 Å². The van der Waals surface area contributed by atoms with Gasteiger partial charge in [0.15, 0.2) is 0 Å². The van der Waals surface area contributed by atoms with Gasteiger partial charge in [0.2, 0.25) is 0 Å². The lowest BCUT2D eigenvalue weighted by molar-refractivity contribution is -0.132. The second-order valence-electron chi connectivity index (χ2n) is 8.76. The molecule has 7 nitrogen and oxygen atoms in total. The highest BCUT2D eigenvalue weighted by molar-refractivity contribution is 6.51. The zero-order chi connectivity index (χ0) is 26.0. The molecule has 3 aromatic rings. The molecule has 1 heterocycles. The molecule has 36 heavy (non-hydrogen) atoms. The minimum atomic E-state index is -0.941. The summed E-state index contributed by atoms with van der Waals surface area (Å²) in [5.41, 5.74) is 3.29. The number of hydrogen-bond donors (Lipinski definition) is 2. The molecule has 1 unspecified atom stereocenters. The number of carbonyl (C=O) groups excluding carboxylic acids is 3. The molecule has 7 heteroatoms. The first kappa shape index (κ1) is 24.7. The van der Waals surface area contributed by atoms with E-state index in [-0.39, 0.29) is 17.1 Å². The van der Waals surface area contributed by atoms with Crippen molar-refractivity contribution < 1.29 is 29.3 Å². The fraction of sp³-hybridized carbons (Fsp3) is 0.207. The van der Waals surface area contributed by atoms with E-state index in [2.05, 4.69) is 0 Å². The fourth-order valence-corrected chi connectivity index (χ4v) is 4.24. The van der Waals surface area contributed by atoms with Gasteiger partial charge in [0.05, 0.1) is 23.8 Å². The van der Waals surface area contributed by atoms with Crippen LogP contribution in [-0.2, 0) is 14.3 Å². The third-order valence-electron chi connectivity index (χ3n) is 6.12. The Morgan fingerprint density at radius 2 is 1.64 bits per heavy atom. The Hall–Kier alpha value is -4.39. The number of aliphatic hydroxyl groups excluding tert-OH is 1. The second-order valence-corrected chi connectivity index (χ2v) is 8.76. The second kappa shape index (κ2) is 10.1. The molecule has 0 radical (unpaired) electrons. The third kappa shape index (κ3) is 4.60. The number of rotatable bonds is 6. The van der Waals surface area contributed by atoms with Gasteiger partial charge in [-0.2, -0.15) is 0 Å². The molecule has 1 amide bonds. The number of phenolic OH excluding ortho intramolecular Hbond substituents is 1. The highest BCUT2D eigenvalue weighted by Crippen LogP contribution is 2.43. The summed E-state index contributed by atoms with van der Waals surface area (Å²) in [4.78, 5) is 40.1. The first-order valence-corrected chi connectivity index (χ1v) is 11.7. The lowest BCUT2D eigenvalue weighted by Gasteiger charge is -2.25. The summed E-state index contributed by atoms with van der Waals surface area (Å²) < 4.78 is 5.16. The number of nitrogens with zero attached hydrogens (tertiary/aromatic N) is 1. The van der Waals surface area contributed by atoms with E-state index in [1.54, 1.807) is 30.3 Å². The van der Waals surface area contributed by atoms with Gasteiger partial charge in [0.1, 0.15) is 11.5 Å². The number of carbonyl (C=O) groups is 3. The number of ketones is 1. The summed E-state index contributed by atoms with van der Waals surface area (Å²) >= 11 is 0. The molecular formula is C29H27NO6. The molecule has 1 atom stereocenters. The smallest absolute Gasteiger partial charge is 0.338 e. The molecule has 1 aliphatic heterocycles. The number of hydrogen-bond acceptors (Lipinski definition) is 6. The van der Waals surface area contributed by atoms with Crippen LogP contribution in [0.2, 0.25) is 0 Å². The Bertz CT molecular complexity index is 1360. The summed E-state index contributed by atoms with van der Waals surface area (Å²) in [6.45, 7) is 5.89. The molecule has 3 aromatic carbocycles. The van der Waals surface area contributed by atoms with Gasteiger partial charge in [0, 0.05) is 11.3 Å². The van der Waals surface area contributed by atoms with E-state index in [0.29, 0.717) is 35.4 Å². The molecule has 2 N–H and O–H groups in total. The van der Waals surface area contributed by atoms with E-state index in [1.165, 1.54) is 29.2 Å². The minimum absolute atomic E-state index is 0.0279. The van der Waals surface area contributed by atoms with Gasteiger partial charge in [-0.1, -0.05) is 36.8 Å². The quantitative estimate of drug-likeness (QED) is 0.215. The number of esters is 1. The summed E-state index contributed by atoms with van der Waals surface area (Å²) in [6.07, 6.45) is 0.696. The third-order valence-corrected chi connectivity index (χ3v) is 6.12. The van der Waals surface area contributed by atoms with Crippen LogP contribution in [0.3, 0.4) is 0 Å². The fourth-order valence-electron chi connectivity index (χ4n) is 4.24. The normalized spacial score (nSPS) is 16.9. The number of Topliss-reactive ketones (excluding diaryl/α,β-unsaturated/α-hetero) is 1. The Morgan fingerprint density at radius 3 is 2.28 bits per heavy atom. The molecule has 0 spiro atoms. The number of aromatic hydroxyl groups is 1. The Labute approximate surface area is 209 Å². The van der Waals surface area contributed by atoms with E-state index >= 15 is 0 Å². The molecule has 1 fully saturated rings. The van der Waals surface area contributed by atoms with Crippen molar-refractivity contribution in [3.63, 3.8) is 0 Å². The summed E-state index contributed by atoms with van der Waals surface area (Å²) in [5.74, 6) is -2.34. The number of benzene rings is 3. The molecule has 4 rings (SSSR count). The van der Waals surface area contributed by atoms with Crippen molar-refractivity contribution in [3.05, 3.63) is 100 Å². The van der Waals surface area contributed by atoms with Crippen LogP contribution in [0.15, 0.2) is 72.3 Å². The van der Waals surface area contributed by atoms with E-state index in [0.717, 1.165) is 11.1 Å². The first-order chi connectivity index (χ1) is 17.2. The van der Waals surface area contributed by atoms with Gasteiger partial charge in [-0.25, -0.2) is 4.79 Å². The van der Waals surface area contributed by atoms with Gasteiger partial charge in [-0.3, -0.25) is 14.5 Å². The largest absolute Gasteiger partial charge is 0.508 e. The van der Waals surface area contributed by atoms with Crippen molar-refractivity contribution in [2.24, 2.45) is 0 Å². The number of amides is 1. The number of aliphatic hydroxyl groups is 1. The predicted octanol–water partition coefficient (Wildman–Crippen LogP) is 5.20. The average Bonchev–Trinajstić information content (AvgIpc) is 3.14. The topological polar surface area (TPSA) is 104 Å². The maximum atomic E-state index is 13.3. The highest BCUT2D eigenvalue weighted by atomic mass is 16.5. The zero-order valence-corrected chi connectivity index (χ0v) is 20.3. The number of phenols is 1. The van der Waals surface area contributed by atoms with Crippen molar-refractivity contribution >= 4 is 29.1 Å². The molecule has 0 aliphatic carbocycles. The standard InChI is InChI=1S/C29H27NO6/c1-4-15-36-29(35)20-7-11-21(12-8-20)30-25(19-9-13-22(31)14-10-19)24(27(33)28(30)34)26(32)23-16-17(2)5-6-18(23)3/h5-14,16,25,31-32H,4,15H2,1-3H3/b26-24+. The molecule has 1 saturated heterocycles. The van der Waals surface area contributed by atoms with Crippen molar-refractivity contribution in [1.82, 2.24) is 0 Å². The number of ether oxygens (including phenoxy) is 1. The van der Waals surface area contributed by atoms with Gasteiger partial charge in [0.25, 0.3) is 11.7 Å². The highest BCUT2D eigenvalue weighted by Gasteiger charge is 2.47. The Morgan fingerprint density at radius 1 is 0.972 bits per heavy atom. The van der Waals surface area contributed by atoms with Crippen molar-refractivity contribution in [1.29, 1.82) is 0 Å². The van der Waals surface area contributed by atoms with Crippen molar-refractivity contribution in [2.75, 3.05) is 11.5 Å². The van der Waals surface area contributed by atoms with E-state index in [1.807, 2.05) is 32.9 Å². The van der Waals surface area contributed by atoms with Crippen LogP contribution in [0.25, 0.3) is 5.76 Å². The molecule has 0 saturated carbocycles. The van der Waals surface area contributed by atoms with Crippen LogP contribution in [0, 0.1) is 13.8 Å². The van der Waals surface area contributed by atoms with Gasteiger partial charge in [-0.15, -0.1) is 0 Å². The molecule has 184 valence electrons. The zero-order valence-electron chi connectivity index (χ0n) is 20.3. The maximum absolute atomic E-state index is 13.3. The average molecular weight is 486 g/mol. The maximum Gasteiger partial charge on any atom is 0.338 e. The number of aryl methyl sites for hydroxylation is 2. The van der Waals surface area contributed by atoms with Gasteiger partial charge >= 0.3 is 5.97 Å². The van der Waals surface area contributed by atoms with E-state index < -0.39 is 23.7 Å². The SMILES string of the molecule is CCCOC(=O)c1ccc(N2C(=O)C(=O)/C(=C(/O)c3cc(C)ccc3C)C2c2ccc(O)cc2)cc1. The summed E-state index contributed by atoms with van der Waals surface area (Å²) in [5, 5.41) is 21.1. The molecular weight excluding hydrogens is 458 g/mol. The monoisotopic (exact) mass is 485 g/mol. The summed E-state index contributed by atoms with van der Waals surface area (Å²) in [6, 6.07) is 16.9. The van der Waals surface area contributed by atoms with Crippen LogP contribution in [0.5, 0.6) is 5.75 Å². The first-order valence-electron chi connectivity index (χ1n) is 11.7. The van der Waals surface area contributed by atoms with Crippen LogP contribution < -0.4 is 4.90 Å². The van der Waals surface area contributed by atoms with E-state index in [9.17, 15) is 24.6 Å². The van der Waals surface area contributed by atoms with Crippen LogP contribution in [-0.4, -0.2) is 34.5 Å². The van der Waals surface area contributed by atoms with Crippen molar-refractivity contribution in [3.8, 4) is 5.75 Å². The molecule has 1 aliphatic rings. The molecule has 0 bridgehead atoms. The Kier molecular flexibility index (Phi) is 6.92. The van der Waals surface area contributed by atoms with Gasteiger partial charge in [-0.05, 0) is 73.9 Å². The Balaban J connectivity index is 1.85. The van der Waals surface area contributed by atoms with Crippen LogP contribution in [0.1, 0.15) is 52.0 Å². The lowest BCUT2D eigenvalue weighted by atomic mass is 9.93. The van der Waals surface area contributed by atoms with Gasteiger partial charge < -0.3 is 14.9 Å². The van der Waals surface area contributed by atoms with E-state index in [4.69, 9.17) is 4.74 Å². The predicted molar refractivity (Wildman–Crippen MR) is 136 cm³/mol. The molecule has 0 aromatic heterocycles.